The van der Waals surface area contributed by atoms with Crippen molar-refractivity contribution in [2.24, 2.45) is 16.5 Å². The van der Waals surface area contributed by atoms with E-state index >= 15 is 0 Å². The third-order valence-electron chi connectivity index (χ3n) is 4.29. The molecule has 0 radical (unpaired) electrons. The van der Waals surface area contributed by atoms with Crippen LogP contribution in [0.15, 0.2) is 0 Å². The van der Waals surface area contributed by atoms with Crippen LogP contribution in [0.3, 0.4) is 0 Å². The maximum absolute atomic E-state index is 13.3. The zero-order chi connectivity index (χ0) is 15.6. The number of hydrogen-bond donors (Lipinski definition) is 1. The minimum atomic E-state index is -4.37. The quantitative estimate of drug-likeness (QED) is 0.808. The van der Waals surface area contributed by atoms with E-state index in [4.69, 9.17) is 10.4 Å². The van der Waals surface area contributed by atoms with Crippen LogP contribution < -0.4 is 5.14 Å². The maximum Gasteiger partial charge on any atom is 0.395 e. The van der Waals surface area contributed by atoms with E-state index in [-0.39, 0.29) is 18.8 Å². The number of alkyl halides is 3. The van der Waals surface area contributed by atoms with Crippen molar-refractivity contribution in [3.05, 3.63) is 0 Å². The Labute approximate surface area is 121 Å². The maximum atomic E-state index is 13.3. The van der Waals surface area contributed by atoms with Crippen LogP contribution in [0.1, 0.15) is 52.4 Å². The van der Waals surface area contributed by atoms with Gasteiger partial charge in [0.1, 0.15) is 4.75 Å². The summed E-state index contributed by atoms with van der Waals surface area (Å²) < 4.78 is 50.7. The van der Waals surface area contributed by atoms with Crippen LogP contribution in [0.25, 0.3) is 0 Å². The molecule has 1 saturated carbocycles. The van der Waals surface area contributed by atoms with Crippen molar-refractivity contribution in [1.29, 1.82) is 5.26 Å². The predicted octanol–water partition coefficient (Wildman–Crippen LogP) is 3.43. The molecule has 2 unspecified atom stereocenters. The van der Waals surface area contributed by atoms with Crippen LogP contribution in [0.4, 0.5) is 13.2 Å². The molecule has 2 N–H and O–H groups in total. The fraction of sp³-hybridized carbons (Fsp3) is 0.923. The number of nitriles is 1. The summed E-state index contributed by atoms with van der Waals surface area (Å²) in [6.07, 6.45) is -3.42. The summed E-state index contributed by atoms with van der Waals surface area (Å²) in [5.41, 5.74) is -1.91. The highest BCUT2D eigenvalue weighted by Crippen LogP contribution is 2.54. The van der Waals surface area contributed by atoms with Crippen LogP contribution in [0.2, 0.25) is 0 Å². The van der Waals surface area contributed by atoms with Gasteiger partial charge in [-0.1, -0.05) is 12.8 Å². The minimum Gasteiger partial charge on any atom is -0.598 e. The third kappa shape index (κ3) is 3.80. The number of nitrogens with two attached hydrogens (primary N) is 1. The summed E-state index contributed by atoms with van der Waals surface area (Å²) in [5, 5.41) is 14.1. The molecule has 0 spiro atoms. The van der Waals surface area contributed by atoms with Gasteiger partial charge in [-0.15, -0.1) is 0 Å². The molecule has 0 aromatic carbocycles. The van der Waals surface area contributed by atoms with E-state index in [0.717, 1.165) is 0 Å². The van der Waals surface area contributed by atoms with Gasteiger partial charge in [-0.2, -0.15) is 23.6 Å². The molecule has 1 aliphatic rings. The van der Waals surface area contributed by atoms with E-state index in [2.05, 4.69) is 0 Å². The molecule has 0 heterocycles. The van der Waals surface area contributed by atoms with Crippen molar-refractivity contribution in [2.45, 2.75) is 63.3 Å². The molecule has 0 saturated heterocycles. The number of nitrogens with zero attached hydrogens (tertiary/aromatic N) is 1. The highest BCUT2D eigenvalue weighted by Gasteiger charge is 2.56. The van der Waals surface area contributed by atoms with Crippen molar-refractivity contribution in [3.63, 3.8) is 0 Å². The molecule has 116 valence electrons. The van der Waals surface area contributed by atoms with Gasteiger partial charge in [-0.3, -0.25) is 0 Å². The Morgan fingerprint density at radius 2 is 2.05 bits per heavy atom. The Hall–Kier alpha value is -0.450. The van der Waals surface area contributed by atoms with Crippen LogP contribution in [0, 0.1) is 22.7 Å². The number of halogens is 3. The number of hydrogen-bond acceptors (Lipinski definition) is 3. The van der Waals surface area contributed by atoms with E-state index in [0.29, 0.717) is 19.3 Å². The van der Waals surface area contributed by atoms with Gasteiger partial charge >= 0.3 is 6.18 Å². The van der Waals surface area contributed by atoms with E-state index in [1.165, 1.54) is 0 Å². The lowest BCUT2D eigenvalue weighted by Gasteiger charge is -2.42. The summed E-state index contributed by atoms with van der Waals surface area (Å²) in [4.78, 5) is 0. The minimum absolute atomic E-state index is 0.00665. The molecule has 0 aromatic rings. The van der Waals surface area contributed by atoms with Crippen LogP contribution in [-0.4, -0.2) is 15.5 Å². The Morgan fingerprint density at radius 1 is 1.45 bits per heavy atom. The van der Waals surface area contributed by atoms with Crippen molar-refractivity contribution in [2.75, 3.05) is 0 Å². The SMILES string of the molecule is CC(C)(CC1CCC[C@@](CC#N)(C(F)(F)F)C1)[S+](N)[O-]. The van der Waals surface area contributed by atoms with Crippen molar-refractivity contribution < 1.29 is 17.7 Å². The van der Waals surface area contributed by atoms with Gasteiger partial charge in [0, 0.05) is 24.2 Å². The first-order valence-corrected chi connectivity index (χ1v) is 7.85. The highest BCUT2D eigenvalue weighted by atomic mass is 32.2. The molecule has 0 bridgehead atoms. The van der Waals surface area contributed by atoms with E-state index in [1.54, 1.807) is 19.9 Å². The van der Waals surface area contributed by atoms with Crippen molar-refractivity contribution >= 4 is 11.4 Å². The smallest absolute Gasteiger partial charge is 0.395 e. The lowest BCUT2D eigenvalue weighted by Crippen LogP contribution is -2.45. The zero-order valence-corrected chi connectivity index (χ0v) is 12.6. The summed E-state index contributed by atoms with van der Waals surface area (Å²) in [5.74, 6) is -0.193. The molecule has 0 amide bonds. The Balaban J connectivity index is 2.87. The highest BCUT2D eigenvalue weighted by molar-refractivity contribution is 7.90. The van der Waals surface area contributed by atoms with Crippen LogP contribution in [-0.2, 0) is 11.4 Å². The average molecular weight is 310 g/mol. The Kier molecular flexibility index (Phi) is 5.39. The fourth-order valence-electron chi connectivity index (χ4n) is 3.11. The van der Waals surface area contributed by atoms with Gasteiger partial charge < -0.3 is 4.55 Å². The van der Waals surface area contributed by atoms with Crippen LogP contribution in [0.5, 0.6) is 0 Å². The second-order valence-electron chi connectivity index (χ2n) is 6.34. The normalized spacial score (nSPS) is 29.8. The second-order valence-corrected chi connectivity index (χ2v) is 8.04. The Bertz CT molecular complexity index is 379. The number of rotatable bonds is 4. The van der Waals surface area contributed by atoms with Gasteiger partial charge in [0.25, 0.3) is 0 Å². The largest absolute Gasteiger partial charge is 0.598 e. The average Bonchev–Trinajstić information content (AvgIpc) is 2.27. The molecule has 3 nitrogen and oxygen atoms in total. The first-order valence-electron chi connectivity index (χ1n) is 6.64. The third-order valence-corrected chi connectivity index (χ3v) is 5.55. The standard InChI is InChI=1S/C13H21F3N2OS/c1-11(2,20(18)19)8-10-4-3-5-12(9-10,6-7-17)13(14,15)16/h10H,3-6,8-9,18H2,1-2H3/t10?,12-,20?/m0/s1. The van der Waals surface area contributed by atoms with Gasteiger partial charge in [0.15, 0.2) is 0 Å². The van der Waals surface area contributed by atoms with E-state index < -0.39 is 34.1 Å². The Morgan fingerprint density at radius 3 is 2.50 bits per heavy atom. The summed E-state index contributed by atoms with van der Waals surface area (Å²) in [6, 6.07) is 1.69. The summed E-state index contributed by atoms with van der Waals surface area (Å²) >= 11 is -1.57. The predicted molar refractivity (Wildman–Crippen MR) is 71.7 cm³/mol. The molecule has 20 heavy (non-hydrogen) atoms. The van der Waals surface area contributed by atoms with Crippen molar-refractivity contribution in [3.8, 4) is 6.07 Å². The van der Waals surface area contributed by atoms with Crippen LogP contribution >= 0.6 is 0 Å². The fourth-order valence-corrected chi connectivity index (χ4v) is 3.51. The molecule has 7 heteroatoms. The molecule has 0 aromatic heterocycles. The summed E-state index contributed by atoms with van der Waals surface area (Å²) in [6.45, 7) is 3.41. The topological polar surface area (TPSA) is 72.9 Å². The second kappa shape index (κ2) is 6.12. The molecule has 1 rings (SSSR count). The molecule has 1 fully saturated rings. The van der Waals surface area contributed by atoms with Gasteiger partial charge in [-0.25, -0.2) is 0 Å². The first kappa shape index (κ1) is 17.6. The van der Waals surface area contributed by atoms with E-state index in [1.807, 2.05) is 0 Å². The molecule has 3 atom stereocenters. The van der Waals surface area contributed by atoms with E-state index in [9.17, 15) is 17.7 Å². The zero-order valence-electron chi connectivity index (χ0n) is 11.8. The molecular weight excluding hydrogens is 289 g/mol. The first-order chi connectivity index (χ1) is 9.04. The monoisotopic (exact) mass is 310 g/mol. The van der Waals surface area contributed by atoms with Crippen molar-refractivity contribution in [1.82, 2.24) is 0 Å². The van der Waals surface area contributed by atoms with Gasteiger partial charge in [-0.05, 0) is 32.6 Å². The lowest BCUT2D eigenvalue weighted by atomic mass is 9.66. The van der Waals surface area contributed by atoms with Gasteiger partial charge in [0.2, 0.25) is 0 Å². The molecular formula is C13H21F3N2OS. The molecule has 0 aliphatic heterocycles. The molecule has 1 aliphatic carbocycles. The lowest BCUT2D eigenvalue weighted by molar-refractivity contribution is -0.238. The van der Waals surface area contributed by atoms with Gasteiger partial charge in [0.05, 0.1) is 11.5 Å². The summed E-state index contributed by atoms with van der Waals surface area (Å²) in [7, 11) is 0.